The summed E-state index contributed by atoms with van der Waals surface area (Å²) in [6.07, 6.45) is 5.44. The highest BCUT2D eigenvalue weighted by molar-refractivity contribution is 7.95. The average Bonchev–Trinajstić information content (AvgIpc) is 2.68. The van der Waals surface area contributed by atoms with Gasteiger partial charge in [-0.25, -0.2) is 0 Å². The lowest BCUT2D eigenvalue weighted by Gasteiger charge is -2.27. The summed E-state index contributed by atoms with van der Waals surface area (Å²) in [5.74, 6) is 0. The lowest BCUT2D eigenvalue weighted by Crippen LogP contribution is -3.00. The fourth-order valence-corrected chi connectivity index (χ4v) is 7.72. The zero-order chi connectivity index (χ0) is 16.7. The maximum atomic E-state index is 3.91. The fraction of sp³-hybridized carbons (Fsp3) is 0.130. The highest BCUT2D eigenvalue weighted by Crippen LogP contribution is 2.55. The van der Waals surface area contributed by atoms with E-state index in [1.165, 1.54) is 22.1 Å². The van der Waals surface area contributed by atoms with Gasteiger partial charge in [0, 0.05) is 0 Å². The standard InChI is InChI=1S/C23H24P.ClH/c1-2-3-13-20-24(21-14-7-4-8-15-21,22-16-9-5-10-17-22)23-18-11-6-12-19-23;/h2,4-12,14-19H,1,3,13,20H2;1H/q+1;/p-1. The van der Waals surface area contributed by atoms with E-state index in [0.29, 0.717) is 0 Å². The molecule has 0 unspecified atom stereocenters. The Morgan fingerprint density at radius 1 is 0.640 bits per heavy atom. The molecule has 0 saturated carbocycles. The molecule has 3 rings (SSSR count). The van der Waals surface area contributed by atoms with Crippen molar-refractivity contribution >= 4 is 23.2 Å². The largest absolute Gasteiger partial charge is 1.00 e. The van der Waals surface area contributed by atoms with Crippen molar-refractivity contribution in [2.24, 2.45) is 0 Å². The minimum Gasteiger partial charge on any atom is -1.00 e. The van der Waals surface area contributed by atoms with E-state index in [4.69, 9.17) is 0 Å². The molecule has 0 nitrogen and oxygen atoms in total. The van der Waals surface area contributed by atoms with Gasteiger partial charge in [-0.15, -0.1) is 6.58 Å². The topological polar surface area (TPSA) is 0 Å². The molecule has 3 aromatic rings. The van der Waals surface area contributed by atoms with E-state index in [2.05, 4.69) is 97.6 Å². The molecule has 0 aliphatic rings. The van der Waals surface area contributed by atoms with Gasteiger partial charge in [0.15, 0.2) is 0 Å². The van der Waals surface area contributed by atoms with E-state index in [0.717, 1.165) is 12.8 Å². The Morgan fingerprint density at radius 2 is 1.00 bits per heavy atom. The average molecular weight is 367 g/mol. The third kappa shape index (κ3) is 4.21. The highest BCUT2D eigenvalue weighted by atomic mass is 35.5. The van der Waals surface area contributed by atoms with Crippen molar-refractivity contribution in [3.8, 4) is 0 Å². The van der Waals surface area contributed by atoms with Crippen molar-refractivity contribution in [3.63, 3.8) is 0 Å². The molecule has 3 aromatic carbocycles. The first kappa shape index (κ1) is 19.4. The predicted octanol–water partition coefficient (Wildman–Crippen LogP) is 1.95. The molecular weight excluding hydrogens is 343 g/mol. The van der Waals surface area contributed by atoms with Gasteiger partial charge in [0.05, 0.1) is 6.16 Å². The van der Waals surface area contributed by atoms with E-state index in [9.17, 15) is 0 Å². The summed E-state index contributed by atoms with van der Waals surface area (Å²) in [6, 6.07) is 33.2. The van der Waals surface area contributed by atoms with Crippen LogP contribution >= 0.6 is 7.26 Å². The Kier molecular flexibility index (Phi) is 7.44. The van der Waals surface area contributed by atoms with Crippen LogP contribution in [0.1, 0.15) is 12.8 Å². The summed E-state index contributed by atoms with van der Waals surface area (Å²) < 4.78 is 0. The molecule has 0 amide bonds. The number of unbranched alkanes of at least 4 members (excludes halogenated alkanes) is 1. The van der Waals surface area contributed by atoms with E-state index < -0.39 is 7.26 Å². The molecule has 0 aliphatic carbocycles. The lowest BCUT2D eigenvalue weighted by molar-refractivity contribution is -0.00000468. The van der Waals surface area contributed by atoms with Gasteiger partial charge in [0.2, 0.25) is 0 Å². The number of benzene rings is 3. The molecule has 0 fully saturated rings. The molecule has 0 bridgehead atoms. The van der Waals surface area contributed by atoms with Crippen LogP contribution in [0.3, 0.4) is 0 Å². The second-order valence-electron chi connectivity index (χ2n) is 5.97. The Bertz CT molecular complexity index is 657. The minimum atomic E-state index is -1.63. The van der Waals surface area contributed by atoms with Crippen molar-refractivity contribution in [3.05, 3.63) is 104 Å². The van der Waals surface area contributed by atoms with E-state index >= 15 is 0 Å². The molecule has 0 radical (unpaired) electrons. The van der Waals surface area contributed by atoms with Gasteiger partial charge in [-0.05, 0) is 49.2 Å². The monoisotopic (exact) mass is 366 g/mol. The van der Waals surface area contributed by atoms with Crippen molar-refractivity contribution in [2.45, 2.75) is 12.8 Å². The predicted molar refractivity (Wildman–Crippen MR) is 109 cm³/mol. The Balaban J connectivity index is 0.00000225. The molecular formula is C23H24ClP. The van der Waals surface area contributed by atoms with Crippen LogP contribution in [0.4, 0.5) is 0 Å². The third-order valence-electron chi connectivity index (χ3n) is 4.49. The molecule has 0 N–H and O–H groups in total. The zero-order valence-electron chi connectivity index (χ0n) is 14.4. The van der Waals surface area contributed by atoms with E-state index in [-0.39, 0.29) is 12.4 Å². The number of halogens is 1. The fourth-order valence-electron chi connectivity index (χ4n) is 3.35. The molecule has 0 atom stereocenters. The second-order valence-corrected chi connectivity index (χ2v) is 9.59. The van der Waals surface area contributed by atoms with Gasteiger partial charge in [-0.2, -0.15) is 0 Å². The van der Waals surface area contributed by atoms with Crippen LogP contribution in [0, 0.1) is 0 Å². The van der Waals surface area contributed by atoms with Crippen molar-refractivity contribution in [1.82, 2.24) is 0 Å². The first-order valence-electron chi connectivity index (χ1n) is 8.54. The summed E-state index contributed by atoms with van der Waals surface area (Å²) in [5, 5.41) is 4.39. The highest BCUT2D eigenvalue weighted by Gasteiger charge is 2.44. The van der Waals surface area contributed by atoms with Gasteiger partial charge >= 0.3 is 0 Å². The van der Waals surface area contributed by atoms with Crippen LogP contribution in [-0.2, 0) is 0 Å². The van der Waals surface area contributed by atoms with E-state index in [1.807, 2.05) is 6.08 Å². The van der Waals surface area contributed by atoms with Crippen LogP contribution in [0.2, 0.25) is 0 Å². The van der Waals surface area contributed by atoms with Gasteiger partial charge in [0.25, 0.3) is 0 Å². The first-order valence-corrected chi connectivity index (χ1v) is 10.5. The lowest BCUT2D eigenvalue weighted by atomic mass is 10.3. The molecule has 25 heavy (non-hydrogen) atoms. The molecule has 128 valence electrons. The molecule has 0 saturated heterocycles. The van der Waals surface area contributed by atoms with Gasteiger partial charge in [0.1, 0.15) is 23.2 Å². The smallest absolute Gasteiger partial charge is 0.112 e. The Morgan fingerprint density at radius 3 is 1.32 bits per heavy atom. The Hall–Kier alpha value is -1.88. The van der Waals surface area contributed by atoms with Crippen molar-refractivity contribution < 1.29 is 12.4 Å². The van der Waals surface area contributed by atoms with Crippen LogP contribution in [0.25, 0.3) is 0 Å². The van der Waals surface area contributed by atoms with Crippen molar-refractivity contribution in [1.29, 1.82) is 0 Å². The maximum absolute atomic E-state index is 3.91. The van der Waals surface area contributed by atoms with Crippen LogP contribution in [0.5, 0.6) is 0 Å². The Labute approximate surface area is 158 Å². The van der Waals surface area contributed by atoms with Gasteiger partial charge in [-0.3, -0.25) is 0 Å². The normalized spacial score (nSPS) is 10.7. The summed E-state index contributed by atoms with van der Waals surface area (Å²) in [6.45, 7) is 3.91. The number of hydrogen-bond acceptors (Lipinski definition) is 0. The van der Waals surface area contributed by atoms with E-state index in [1.54, 1.807) is 0 Å². The summed E-state index contributed by atoms with van der Waals surface area (Å²) in [7, 11) is -1.63. The summed E-state index contributed by atoms with van der Waals surface area (Å²) in [4.78, 5) is 0. The number of allylic oxidation sites excluding steroid dienone is 1. The first-order chi connectivity index (χ1) is 11.9. The van der Waals surface area contributed by atoms with Crippen molar-refractivity contribution in [2.75, 3.05) is 6.16 Å². The number of rotatable bonds is 7. The molecule has 0 aromatic heterocycles. The number of hydrogen-bond donors (Lipinski definition) is 0. The quantitative estimate of drug-likeness (QED) is 0.340. The minimum absolute atomic E-state index is 0. The molecule has 0 spiro atoms. The van der Waals surface area contributed by atoms with Crippen LogP contribution < -0.4 is 28.3 Å². The van der Waals surface area contributed by atoms with Gasteiger partial charge in [-0.1, -0.05) is 60.7 Å². The second kappa shape index (κ2) is 9.56. The maximum Gasteiger partial charge on any atom is 0.112 e. The SMILES string of the molecule is C=CCCC[P+](c1ccccc1)(c1ccccc1)c1ccccc1.[Cl-]. The van der Waals surface area contributed by atoms with Gasteiger partial charge < -0.3 is 12.4 Å². The summed E-state index contributed by atoms with van der Waals surface area (Å²) in [5.41, 5.74) is 0. The zero-order valence-corrected chi connectivity index (χ0v) is 16.0. The molecule has 0 heterocycles. The molecule has 0 aliphatic heterocycles. The van der Waals surface area contributed by atoms with Crippen LogP contribution in [0.15, 0.2) is 104 Å². The van der Waals surface area contributed by atoms with Crippen LogP contribution in [-0.4, -0.2) is 6.16 Å². The summed E-state index contributed by atoms with van der Waals surface area (Å²) >= 11 is 0. The third-order valence-corrected chi connectivity index (χ3v) is 9.02. The molecule has 2 heteroatoms.